The Morgan fingerprint density at radius 2 is 2.04 bits per heavy atom. The lowest BCUT2D eigenvalue weighted by Crippen LogP contribution is -2.35. The van der Waals surface area contributed by atoms with Gasteiger partial charge in [0.1, 0.15) is 5.70 Å². The second-order valence-electron chi connectivity index (χ2n) is 5.60. The summed E-state index contributed by atoms with van der Waals surface area (Å²) in [5.41, 5.74) is 1.10. The van der Waals surface area contributed by atoms with Gasteiger partial charge in [0.15, 0.2) is 22.7 Å². The number of rotatable bonds is 6. The predicted octanol–water partition coefficient (Wildman–Crippen LogP) is 1.29. The van der Waals surface area contributed by atoms with Crippen LogP contribution in [0.5, 0.6) is 11.5 Å². The molecule has 0 spiro atoms. The minimum absolute atomic E-state index is 0.144. The van der Waals surface area contributed by atoms with E-state index in [2.05, 4.69) is 10.6 Å². The summed E-state index contributed by atoms with van der Waals surface area (Å²) in [6, 6.07) is 5.23. The van der Waals surface area contributed by atoms with Gasteiger partial charge in [0.05, 0.1) is 6.61 Å². The molecule has 1 aromatic carbocycles. The Morgan fingerprint density at radius 1 is 1.32 bits per heavy atom. The molecule has 0 bridgehead atoms. The highest BCUT2D eigenvalue weighted by Gasteiger charge is 2.21. The van der Waals surface area contributed by atoms with Crippen molar-refractivity contribution in [2.24, 2.45) is 0 Å². The van der Waals surface area contributed by atoms with Gasteiger partial charge in [-0.2, -0.15) is 0 Å². The zero-order valence-corrected chi connectivity index (χ0v) is 15.4. The average molecular weight is 363 g/mol. The quantitative estimate of drug-likeness (QED) is 0.586. The number of benzene rings is 1. The van der Waals surface area contributed by atoms with Gasteiger partial charge in [0.2, 0.25) is 0 Å². The fraction of sp³-hybridized carbons (Fsp3) is 0.353. The van der Waals surface area contributed by atoms with Crippen LogP contribution in [0, 0.1) is 0 Å². The second kappa shape index (κ2) is 7.98. The zero-order chi connectivity index (χ0) is 18.6. The van der Waals surface area contributed by atoms with E-state index in [1.807, 2.05) is 6.92 Å². The number of carbonyl (C=O) groups excluding carboxylic acids is 2. The van der Waals surface area contributed by atoms with E-state index >= 15 is 0 Å². The highest BCUT2D eigenvalue weighted by atomic mass is 32.1. The van der Waals surface area contributed by atoms with E-state index < -0.39 is 6.10 Å². The van der Waals surface area contributed by atoms with Crippen molar-refractivity contribution >= 4 is 35.2 Å². The van der Waals surface area contributed by atoms with Gasteiger partial charge < -0.3 is 19.7 Å². The predicted molar refractivity (Wildman–Crippen MR) is 98.2 cm³/mol. The summed E-state index contributed by atoms with van der Waals surface area (Å²) in [6.07, 6.45) is 1.02. The molecule has 0 saturated carbocycles. The lowest BCUT2D eigenvalue weighted by Gasteiger charge is -2.20. The summed E-state index contributed by atoms with van der Waals surface area (Å²) in [5, 5.41) is 5.57. The van der Waals surface area contributed by atoms with Gasteiger partial charge in [-0.3, -0.25) is 14.9 Å². The molecule has 0 unspecified atom stereocenters. The summed E-state index contributed by atoms with van der Waals surface area (Å²) < 4.78 is 11.3. The van der Waals surface area contributed by atoms with E-state index in [-0.39, 0.29) is 16.9 Å². The van der Waals surface area contributed by atoms with Crippen LogP contribution in [0.15, 0.2) is 23.9 Å². The molecule has 1 aromatic rings. The van der Waals surface area contributed by atoms with E-state index in [0.29, 0.717) is 23.8 Å². The van der Waals surface area contributed by atoms with Crippen LogP contribution < -0.4 is 20.1 Å². The number of hydrogen-bond acceptors (Lipinski definition) is 5. The van der Waals surface area contributed by atoms with E-state index in [1.54, 1.807) is 45.3 Å². The van der Waals surface area contributed by atoms with Crippen molar-refractivity contribution in [3.63, 3.8) is 0 Å². The number of likely N-dealkylation sites (N-methyl/N-ethyl adjacent to an activating group) is 1. The number of carbonyl (C=O) groups is 2. The SMILES string of the molecule is CCOc1cc(/C=C2\NC(=S)NC2=O)ccc1O[C@H](C)C(=O)N(C)C. The highest BCUT2D eigenvalue weighted by Crippen LogP contribution is 2.30. The molecule has 2 N–H and O–H groups in total. The molecule has 1 fully saturated rings. The number of hydrogen-bond donors (Lipinski definition) is 2. The topological polar surface area (TPSA) is 79.9 Å². The summed E-state index contributed by atoms with van der Waals surface area (Å²) in [7, 11) is 3.34. The molecule has 0 radical (unpaired) electrons. The minimum Gasteiger partial charge on any atom is -0.490 e. The van der Waals surface area contributed by atoms with Crippen LogP contribution in [0.1, 0.15) is 19.4 Å². The first-order valence-corrected chi connectivity index (χ1v) is 8.21. The Kier molecular flexibility index (Phi) is 5.97. The highest BCUT2D eigenvalue weighted by molar-refractivity contribution is 7.80. The smallest absolute Gasteiger partial charge is 0.273 e. The van der Waals surface area contributed by atoms with Gasteiger partial charge in [-0.25, -0.2) is 0 Å². The second-order valence-corrected chi connectivity index (χ2v) is 6.01. The van der Waals surface area contributed by atoms with Crippen LogP contribution in [0.3, 0.4) is 0 Å². The summed E-state index contributed by atoms with van der Waals surface area (Å²) >= 11 is 4.91. The van der Waals surface area contributed by atoms with Crippen LogP contribution in [0.4, 0.5) is 0 Å². The molecule has 1 saturated heterocycles. The van der Waals surface area contributed by atoms with Crippen LogP contribution in [-0.4, -0.2) is 48.6 Å². The van der Waals surface area contributed by atoms with Crippen LogP contribution in [0.25, 0.3) is 6.08 Å². The number of thiocarbonyl (C=S) groups is 1. The Balaban J connectivity index is 2.25. The van der Waals surface area contributed by atoms with Crippen molar-refractivity contribution in [2.45, 2.75) is 20.0 Å². The van der Waals surface area contributed by atoms with Gasteiger partial charge in [0, 0.05) is 14.1 Å². The first-order chi connectivity index (χ1) is 11.8. The number of amides is 2. The molecular weight excluding hydrogens is 342 g/mol. The largest absolute Gasteiger partial charge is 0.490 e. The van der Waals surface area contributed by atoms with Crippen LogP contribution in [-0.2, 0) is 9.59 Å². The molecule has 1 atom stereocenters. The molecule has 7 nitrogen and oxygen atoms in total. The molecule has 134 valence electrons. The fourth-order valence-corrected chi connectivity index (χ4v) is 2.44. The molecule has 1 aliphatic rings. The lowest BCUT2D eigenvalue weighted by molar-refractivity contribution is -0.135. The lowest BCUT2D eigenvalue weighted by atomic mass is 10.1. The standard InChI is InChI=1S/C17H21N3O4S/c1-5-23-14-9-11(8-12-15(21)19-17(25)18-12)6-7-13(14)24-10(2)16(22)20(3)4/h6-10H,5H2,1-4H3,(H2,18,19,21,25)/b12-8-/t10-/m1/s1. The van der Waals surface area contributed by atoms with Crippen molar-refractivity contribution in [1.29, 1.82) is 0 Å². The fourth-order valence-electron chi connectivity index (χ4n) is 2.23. The molecule has 1 heterocycles. The van der Waals surface area contributed by atoms with Gasteiger partial charge in [0.25, 0.3) is 11.8 Å². The first kappa shape index (κ1) is 18.7. The van der Waals surface area contributed by atoms with Crippen molar-refractivity contribution in [2.75, 3.05) is 20.7 Å². The van der Waals surface area contributed by atoms with Crippen molar-refractivity contribution in [1.82, 2.24) is 15.5 Å². The monoisotopic (exact) mass is 363 g/mol. The van der Waals surface area contributed by atoms with Crippen LogP contribution >= 0.6 is 12.2 Å². The molecule has 8 heteroatoms. The third-order valence-electron chi connectivity index (χ3n) is 3.39. The molecular formula is C17H21N3O4S. The summed E-state index contributed by atoms with van der Waals surface area (Å²) in [4.78, 5) is 25.2. The maximum absolute atomic E-state index is 12.0. The Hall–Kier alpha value is -2.61. The summed E-state index contributed by atoms with van der Waals surface area (Å²) in [5.74, 6) is 0.532. The number of ether oxygens (including phenoxy) is 2. The number of nitrogens with one attached hydrogen (secondary N) is 2. The van der Waals surface area contributed by atoms with Gasteiger partial charge in [-0.1, -0.05) is 6.07 Å². The van der Waals surface area contributed by atoms with Crippen LogP contribution in [0.2, 0.25) is 0 Å². The molecule has 1 aliphatic heterocycles. The Bertz CT molecular complexity index is 731. The van der Waals surface area contributed by atoms with Crippen molar-refractivity contribution < 1.29 is 19.1 Å². The van der Waals surface area contributed by atoms with Crippen molar-refractivity contribution in [3.8, 4) is 11.5 Å². The molecule has 0 aromatic heterocycles. The Labute approximate surface area is 152 Å². The maximum atomic E-state index is 12.0. The third kappa shape index (κ3) is 4.69. The number of nitrogens with zero attached hydrogens (tertiary/aromatic N) is 1. The van der Waals surface area contributed by atoms with E-state index in [0.717, 1.165) is 5.56 Å². The van der Waals surface area contributed by atoms with Gasteiger partial charge in [-0.15, -0.1) is 0 Å². The summed E-state index contributed by atoms with van der Waals surface area (Å²) in [6.45, 7) is 3.98. The Morgan fingerprint density at radius 3 is 2.60 bits per heavy atom. The third-order valence-corrected chi connectivity index (χ3v) is 3.59. The normalized spacial score (nSPS) is 16.2. The minimum atomic E-state index is -0.641. The first-order valence-electron chi connectivity index (χ1n) is 7.80. The van der Waals surface area contributed by atoms with Gasteiger partial charge in [-0.05, 0) is 49.8 Å². The zero-order valence-electron chi connectivity index (χ0n) is 14.6. The van der Waals surface area contributed by atoms with Gasteiger partial charge >= 0.3 is 0 Å². The molecule has 2 amide bonds. The molecule has 2 rings (SSSR count). The molecule has 25 heavy (non-hydrogen) atoms. The van der Waals surface area contributed by atoms with E-state index in [9.17, 15) is 9.59 Å². The van der Waals surface area contributed by atoms with Crippen molar-refractivity contribution in [3.05, 3.63) is 29.5 Å². The van der Waals surface area contributed by atoms with E-state index in [1.165, 1.54) is 4.90 Å². The average Bonchev–Trinajstić information content (AvgIpc) is 2.86. The van der Waals surface area contributed by atoms with E-state index in [4.69, 9.17) is 21.7 Å². The molecule has 0 aliphatic carbocycles. The maximum Gasteiger partial charge on any atom is 0.273 e.